The van der Waals surface area contributed by atoms with Crippen LogP contribution >= 0.6 is 15.9 Å². The maximum Gasteiger partial charge on any atom is 0.133 e. The number of benzene rings is 1. The Hall–Kier alpha value is -1.42. The summed E-state index contributed by atoms with van der Waals surface area (Å²) in [5.41, 5.74) is 3.71. The fraction of sp³-hybridized carbons (Fsp3) is 0.267. The Morgan fingerprint density at radius 1 is 1.32 bits per heavy atom. The number of aromatic nitrogens is 1. The third-order valence-electron chi connectivity index (χ3n) is 3.39. The number of alkyl halides is 1. The fourth-order valence-corrected chi connectivity index (χ4v) is 2.68. The van der Waals surface area contributed by atoms with Crippen molar-refractivity contribution in [2.45, 2.75) is 19.0 Å². The van der Waals surface area contributed by atoms with E-state index in [1.807, 2.05) is 24.3 Å². The van der Waals surface area contributed by atoms with Gasteiger partial charge in [-0.05, 0) is 40.0 Å². The van der Waals surface area contributed by atoms with E-state index < -0.39 is 6.17 Å². The smallest absolute Gasteiger partial charge is 0.133 e. The monoisotopic (exact) mass is 320 g/mol. The Labute approximate surface area is 120 Å². The van der Waals surface area contributed by atoms with Crippen LogP contribution in [0.2, 0.25) is 0 Å². The van der Waals surface area contributed by atoms with Crippen molar-refractivity contribution in [2.24, 2.45) is 0 Å². The Bertz CT molecular complexity index is 583. The van der Waals surface area contributed by atoms with Gasteiger partial charge in [0.2, 0.25) is 0 Å². The third kappa shape index (κ3) is 2.63. The molecule has 2 aromatic rings. The molecule has 3 rings (SSSR count). The van der Waals surface area contributed by atoms with Gasteiger partial charge in [0.15, 0.2) is 0 Å². The van der Waals surface area contributed by atoms with E-state index in [-0.39, 0.29) is 0 Å². The molecule has 98 valence electrons. The topological polar surface area (TPSA) is 24.9 Å². The number of rotatable bonds is 3. The molecule has 1 aliphatic heterocycles. The number of nitrogens with one attached hydrogen (secondary N) is 1. The van der Waals surface area contributed by atoms with Crippen LogP contribution in [0.1, 0.15) is 23.0 Å². The molecular formula is C15H14BrFN2. The van der Waals surface area contributed by atoms with Crippen LogP contribution in [0.5, 0.6) is 0 Å². The van der Waals surface area contributed by atoms with Crippen molar-refractivity contribution >= 4 is 21.6 Å². The Morgan fingerprint density at radius 2 is 2.21 bits per heavy atom. The van der Waals surface area contributed by atoms with Gasteiger partial charge in [0.1, 0.15) is 6.17 Å². The van der Waals surface area contributed by atoms with E-state index in [0.29, 0.717) is 6.42 Å². The number of fused-ring (bicyclic) bond motifs is 1. The number of halogens is 2. The summed E-state index contributed by atoms with van der Waals surface area (Å²) in [7, 11) is 0. The number of para-hydroxylation sites is 1. The van der Waals surface area contributed by atoms with Crippen molar-refractivity contribution in [3.63, 3.8) is 0 Å². The predicted molar refractivity (Wildman–Crippen MR) is 78.1 cm³/mol. The standard InChI is InChI=1S/C15H14BrFN2/c16-11-4-5-12(19-9-11)8-14(17)13-3-1-2-10-6-7-18-15(10)13/h1-5,9,14,18H,6-8H2. The average Bonchev–Trinajstić information content (AvgIpc) is 2.89. The highest BCUT2D eigenvalue weighted by Gasteiger charge is 2.20. The lowest BCUT2D eigenvalue weighted by Gasteiger charge is -2.13. The zero-order valence-electron chi connectivity index (χ0n) is 10.4. The van der Waals surface area contributed by atoms with Gasteiger partial charge < -0.3 is 5.32 Å². The SMILES string of the molecule is FC(Cc1ccc(Br)cn1)c1cccc2c1NCC2. The minimum absolute atomic E-state index is 0.311. The molecule has 0 fully saturated rings. The molecule has 0 radical (unpaired) electrons. The summed E-state index contributed by atoms with van der Waals surface area (Å²) >= 11 is 3.33. The summed E-state index contributed by atoms with van der Waals surface area (Å²) in [5, 5.41) is 3.28. The molecule has 2 heterocycles. The van der Waals surface area contributed by atoms with Crippen LogP contribution in [-0.2, 0) is 12.8 Å². The number of hydrogen-bond acceptors (Lipinski definition) is 2. The zero-order chi connectivity index (χ0) is 13.2. The molecule has 19 heavy (non-hydrogen) atoms. The lowest BCUT2D eigenvalue weighted by molar-refractivity contribution is 0.341. The summed E-state index contributed by atoms with van der Waals surface area (Å²) in [6.45, 7) is 0.898. The minimum Gasteiger partial charge on any atom is -0.384 e. The quantitative estimate of drug-likeness (QED) is 0.922. The molecule has 0 saturated carbocycles. The van der Waals surface area contributed by atoms with E-state index in [4.69, 9.17) is 0 Å². The van der Waals surface area contributed by atoms with Crippen LogP contribution in [0.4, 0.5) is 10.1 Å². The van der Waals surface area contributed by atoms with Gasteiger partial charge in [-0.1, -0.05) is 18.2 Å². The van der Waals surface area contributed by atoms with Crippen molar-refractivity contribution < 1.29 is 4.39 Å². The lowest BCUT2D eigenvalue weighted by atomic mass is 10.0. The van der Waals surface area contributed by atoms with Gasteiger partial charge in [-0.25, -0.2) is 4.39 Å². The molecule has 1 atom stereocenters. The van der Waals surface area contributed by atoms with Crippen LogP contribution in [0.25, 0.3) is 0 Å². The second-order valence-electron chi connectivity index (χ2n) is 4.70. The van der Waals surface area contributed by atoms with E-state index in [0.717, 1.165) is 34.4 Å². The lowest BCUT2D eigenvalue weighted by Crippen LogP contribution is -2.03. The molecule has 0 amide bonds. The number of hydrogen-bond donors (Lipinski definition) is 1. The second kappa shape index (κ2) is 5.29. The number of anilines is 1. The van der Waals surface area contributed by atoms with Gasteiger partial charge in [-0.15, -0.1) is 0 Å². The van der Waals surface area contributed by atoms with Gasteiger partial charge in [0.25, 0.3) is 0 Å². The van der Waals surface area contributed by atoms with E-state index in [2.05, 4.69) is 32.3 Å². The first-order valence-electron chi connectivity index (χ1n) is 6.34. The first kappa shape index (κ1) is 12.6. The minimum atomic E-state index is -1.02. The second-order valence-corrected chi connectivity index (χ2v) is 5.61. The molecule has 1 aromatic carbocycles. The predicted octanol–water partition coefficient (Wildman–Crippen LogP) is 4.07. The van der Waals surface area contributed by atoms with Crippen molar-refractivity contribution in [1.82, 2.24) is 4.98 Å². The van der Waals surface area contributed by atoms with Gasteiger partial charge >= 0.3 is 0 Å². The molecule has 2 nitrogen and oxygen atoms in total. The average molecular weight is 321 g/mol. The number of nitrogens with zero attached hydrogens (tertiary/aromatic N) is 1. The van der Waals surface area contributed by atoms with E-state index in [1.165, 1.54) is 5.56 Å². The van der Waals surface area contributed by atoms with E-state index >= 15 is 0 Å². The first-order valence-corrected chi connectivity index (χ1v) is 7.13. The highest BCUT2D eigenvalue weighted by atomic mass is 79.9. The summed E-state index contributed by atoms with van der Waals surface area (Å²) in [6, 6.07) is 9.60. The fourth-order valence-electron chi connectivity index (χ4n) is 2.45. The summed E-state index contributed by atoms with van der Waals surface area (Å²) in [4.78, 5) is 4.23. The molecule has 1 aliphatic rings. The molecule has 0 spiro atoms. The maximum atomic E-state index is 14.5. The van der Waals surface area contributed by atoms with Gasteiger partial charge in [0, 0.05) is 40.6 Å². The highest BCUT2D eigenvalue weighted by Crippen LogP contribution is 2.34. The van der Waals surface area contributed by atoms with Crippen LogP contribution in [0.3, 0.4) is 0 Å². The highest BCUT2D eigenvalue weighted by molar-refractivity contribution is 9.10. The van der Waals surface area contributed by atoms with Gasteiger partial charge in [-0.2, -0.15) is 0 Å². The van der Waals surface area contributed by atoms with E-state index in [9.17, 15) is 4.39 Å². The third-order valence-corrected chi connectivity index (χ3v) is 3.86. The number of pyridine rings is 1. The molecular weight excluding hydrogens is 307 g/mol. The van der Waals surface area contributed by atoms with E-state index in [1.54, 1.807) is 6.20 Å². The van der Waals surface area contributed by atoms with Gasteiger partial charge in [-0.3, -0.25) is 4.98 Å². The Balaban J connectivity index is 1.83. The first-order chi connectivity index (χ1) is 9.24. The zero-order valence-corrected chi connectivity index (χ0v) is 12.0. The van der Waals surface area contributed by atoms with Crippen molar-refractivity contribution in [1.29, 1.82) is 0 Å². The van der Waals surface area contributed by atoms with Crippen molar-refractivity contribution in [3.05, 3.63) is 57.8 Å². The largest absolute Gasteiger partial charge is 0.384 e. The maximum absolute atomic E-state index is 14.5. The summed E-state index contributed by atoms with van der Waals surface area (Å²) in [5.74, 6) is 0. The molecule has 0 saturated heterocycles. The summed E-state index contributed by atoms with van der Waals surface area (Å²) < 4.78 is 15.4. The van der Waals surface area contributed by atoms with Gasteiger partial charge in [0.05, 0.1) is 0 Å². The van der Waals surface area contributed by atoms with Crippen LogP contribution < -0.4 is 5.32 Å². The molecule has 1 N–H and O–H groups in total. The molecule has 0 bridgehead atoms. The van der Waals surface area contributed by atoms with Crippen molar-refractivity contribution in [2.75, 3.05) is 11.9 Å². The normalized spacial score (nSPS) is 14.8. The van der Waals surface area contributed by atoms with Crippen LogP contribution in [-0.4, -0.2) is 11.5 Å². The molecule has 0 aliphatic carbocycles. The summed E-state index contributed by atoms with van der Waals surface area (Å²) in [6.07, 6.45) is 1.97. The van der Waals surface area contributed by atoms with Crippen LogP contribution in [0, 0.1) is 0 Å². The molecule has 1 aromatic heterocycles. The molecule has 4 heteroatoms. The Morgan fingerprint density at radius 3 is 3.00 bits per heavy atom. The van der Waals surface area contributed by atoms with Crippen molar-refractivity contribution in [3.8, 4) is 0 Å². The molecule has 1 unspecified atom stereocenters. The Kier molecular flexibility index (Phi) is 3.51. The van der Waals surface area contributed by atoms with Crippen LogP contribution in [0.15, 0.2) is 41.0 Å².